The average Bonchev–Trinajstić information content (AvgIpc) is 3.23. The number of benzene rings is 1. The summed E-state index contributed by atoms with van der Waals surface area (Å²) in [6.07, 6.45) is 1.66. The molecule has 1 saturated carbocycles. The summed E-state index contributed by atoms with van der Waals surface area (Å²) < 4.78 is 53.8. The van der Waals surface area contributed by atoms with Crippen LogP contribution in [0.2, 0.25) is 0 Å². The molecule has 1 aromatic carbocycles. The summed E-state index contributed by atoms with van der Waals surface area (Å²) in [5.41, 5.74) is 0. The molecular formula is C12H16ClNO5S2. The van der Waals surface area contributed by atoms with E-state index < -0.39 is 19.1 Å². The number of sulfonamides is 1. The highest BCUT2D eigenvalue weighted by Gasteiger charge is 2.37. The Morgan fingerprint density at radius 1 is 1.14 bits per heavy atom. The van der Waals surface area contributed by atoms with E-state index >= 15 is 0 Å². The molecule has 0 radical (unpaired) electrons. The number of hydrogen-bond acceptors (Lipinski definition) is 5. The van der Waals surface area contributed by atoms with E-state index in [2.05, 4.69) is 0 Å². The third kappa shape index (κ3) is 3.95. The molecule has 21 heavy (non-hydrogen) atoms. The molecule has 0 unspecified atom stereocenters. The van der Waals surface area contributed by atoms with Gasteiger partial charge in [-0.05, 0) is 37.1 Å². The molecule has 0 atom stereocenters. The smallest absolute Gasteiger partial charge is 0.261 e. The summed E-state index contributed by atoms with van der Waals surface area (Å²) in [5.74, 6) is 0. The summed E-state index contributed by atoms with van der Waals surface area (Å²) in [6.45, 7) is 0.586. The van der Waals surface area contributed by atoms with Crippen LogP contribution in [0, 0.1) is 0 Å². The molecule has 0 saturated heterocycles. The third-order valence-electron chi connectivity index (χ3n) is 3.18. The van der Waals surface area contributed by atoms with E-state index in [-0.39, 0.29) is 22.4 Å². The van der Waals surface area contributed by atoms with E-state index in [9.17, 15) is 16.8 Å². The lowest BCUT2D eigenvalue weighted by molar-refractivity contribution is 0.177. The highest BCUT2D eigenvalue weighted by atomic mass is 35.7. The van der Waals surface area contributed by atoms with Gasteiger partial charge < -0.3 is 4.74 Å². The van der Waals surface area contributed by atoms with Gasteiger partial charge in [0.25, 0.3) is 9.05 Å². The number of hydrogen-bond donors (Lipinski definition) is 0. The SMILES string of the molecule is COCCN(C1CC1)S(=O)(=O)c1ccc(S(=O)(=O)Cl)cc1. The Labute approximate surface area is 129 Å². The van der Waals surface area contributed by atoms with Crippen molar-refractivity contribution in [3.05, 3.63) is 24.3 Å². The normalized spacial score (nSPS) is 16.3. The minimum Gasteiger partial charge on any atom is -0.383 e. The van der Waals surface area contributed by atoms with Crippen LogP contribution in [-0.2, 0) is 23.8 Å². The van der Waals surface area contributed by atoms with Crippen LogP contribution in [0.25, 0.3) is 0 Å². The van der Waals surface area contributed by atoms with Crippen LogP contribution < -0.4 is 0 Å². The van der Waals surface area contributed by atoms with Gasteiger partial charge in [-0.1, -0.05) is 0 Å². The van der Waals surface area contributed by atoms with Gasteiger partial charge in [0.2, 0.25) is 10.0 Å². The lowest BCUT2D eigenvalue weighted by atomic mass is 10.4. The van der Waals surface area contributed by atoms with E-state index in [0.717, 1.165) is 12.8 Å². The van der Waals surface area contributed by atoms with Crippen LogP contribution in [0.5, 0.6) is 0 Å². The number of rotatable bonds is 7. The van der Waals surface area contributed by atoms with Crippen LogP contribution in [0.1, 0.15) is 12.8 Å². The standard InChI is InChI=1S/C12H16ClNO5S2/c1-19-9-8-14(10-2-3-10)21(17,18)12-6-4-11(5-7-12)20(13,15)16/h4-7,10H,2-3,8-9H2,1H3. The fourth-order valence-electron chi connectivity index (χ4n) is 1.95. The van der Waals surface area contributed by atoms with Crippen molar-refractivity contribution in [2.24, 2.45) is 0 Å². The lowest BCUT2D eigenvalue weighted by Crippen LogP contribution is -2.35. The van der Waals surface area contributed by atoms with Crippen LogP contribution in [0.15, 0.2) is 34.1 Å². The Kier molecular flexibility index (Phi) is 4.94. The molecule has 118 valence electrons. The van der Waals surface area contributed by atoms with Gasteiger partial charge in [0.05, 0.1) is 16.4 Å². The van der Waals surface area contributed by atoms with Crippen LogP contribution >= 0.6 is 10.7 Å². The molecule has 9 heteroatoms. The molecule has 0 N–H and O–H groups in total. The largest absolute Gasteiger partial charge is 0.383 e. The molecule has 0 heterocycles. The number of halogens is 1. The first-order chi connectivity index (χ1) is 9.76. The maximum absolute atomic E-state index is 12.6. The number of nitrogens with zero attached hydrogens (tertiary/aromatic N) is 1. The van der Waals surface area contributed by atoms with E-state index in [1.807, 2.05) is 0 Å². The summed E-state index contributed by atoms with van der Waals surface area (Å²) >= 11 is 0. The van der Waals surface area contributed by atoms with E-state index in [0.29, 0.717) is 6.61 Å². The topological polar surface area (TPSA) is 80.8 Å². The Morgan fingerprint density at radius 3 is 2.10 bits per heavy atom. The Morgan fingerprint density at radius 2 is 1.67 bits per heavy atom. The van der Waals surface area contributed by atoms with Gasteiger partial charge in [-0.2, -0.15) is 4.31 Å². The lowest BCUT2D eigenvalue weighted by Gasteiger charge is -2.21. The highest BCUT2D eigenvalue weighted by molar-refractivity contribution is 8.13. The Balaban J connectivity index is 2.29. The maximum Gasteiger partial charge on any atom is 0.261 e. The second-order valence-corrected chi connectivity index (χ2v) is 9.21. The second-order valence-electron chi connectivity index (χ2n) is 4.75. The van der Waals surface area contributed by atoms with Gasteiger partial charge in [-0.3, -0.25) is 0 Å². The first-order valence-corrected chi connectivity index (χ1v) is 10.1. The zero-order valence-corrected chi connectivity index (χ0v) is 13.8. The zero-order chi connectivity index (χ0) is 15.7. The van der Waals surface area contributed by atoms with Crippen molar-refractivity contribution in [1.29, 1.82) is 0 Å². The van der Waals surface area contributed by atoms with E-state index in [1.54, 1.807) is 0 Å². The Hall–Kier alpha value is -0.670. The molecule has 1 fully saturated rings. The first kappa shape index (κ1) is 16.7. The fourth-order valence-corrected chi connectivity index (χ4v) is 4.39. The minimum atomic E-state index is -3.86. The predicted octanol–water partition coefficient (Wildman–Crippen LogP) is 1.41. The molecule has 0 aromatic heterocycles. The Bertz CT molecular complexity index is 696. The van der Waals surface area contributed by atoms with Crippen LogP contribution in [0.4, 0.5) is 0 Å². The van der Waals surface area contributed by atoms with Gasteiger partial charge in [0.15, 0.2) is 0 Å². The van der Waals surface area contributed by atoms with Gasteiger partial charge in [-0.25, -0.2) is 16.8 Å². The molecule has 0 spiro atoms. The van der Waals surface area contributed by atoms with E-state index in [4.69, 9.17) is 15.4 Å². The predicted molar refractivity (Wildman–Crippen MR) is 78.3 cm³/mol. The summed E-state index contributed by atoms with van der Waals surface area (Å²) in [6, 6.07) is 4.90. The van der Waals surface area contributed by atoms with Crippen molar-refractivity contribution >= 4 is 29.8 Å². The number of ether oxygens (including phenoxy) is 1. The van der Waals surface area contributed by atoms with Crippen LogP contribution in [0.3, 0.4) is 0 Å². The molecule has 0 bridgehead atoms. The monoisotopic (exact) mass is 353 g/mol. The van der Waals surface area contributed by atoms with Crippen molar-refractivity contribution in [1.82, 2.24) is 4.31 Å². The van der Waals surface area contributed by atoms with Crippen LogP contribution in [-0.4, -0.2) is 47.4 Å². The number of methoxy groups -OCH3 is 1. The zero-order valence-electron chi connectivity index (χ0n) is 11.4. The van der Waals surface area contributed by atoms with Crippen molar-refractivity contribution in [2.45, 2.75) is 28.7 Å². The maximum atomic E-state index is 12.6. The summed E-state index contributed by atoms with van der Waals surface area (Å²) in [4.78, 5) is -0.0763. The van der Waals surface area contributed by atoms with Gasteiger partial charge in [0.1, 0.15) is 0 Å². The first-order valence-electron chi connectivity index (χ1n) is 6.32. The van der Waals surface area contributed by atoms with Gasteiger partial charge in [0, 0.05) is 30.4 Å². The van der Waals surface area contributed by atoms with Gasteiger partial charge >= 0.3 is 0 Å². The van der Waals surface area contributed by atoms with Crippen molar-refractivity contribution in [3.8, 4) is 0 Å². The fraction of sp³-hybridized carbons (Fsp3) is 0.500. The molecule has 0 amide bonds. The van der Waals surface area contributed by atoms with Crippen molar-refractivity contribution < 1.29 is 21.6 Å². The molecule has 0 aliphatic heterocycles. The summed E-state index contributed by atoms with van der Waals surface area (Å²) in [7, 11) is -0.792. The van der Waals surface area contributed by atoms with Crippen molar-refractivity contribution in [3.63, 3.8) is 0 Å². The third-order valence-corrected chi connectivity index (χ3v) is 6.52. The molecule has 1 aliphatic carbocycles. The molecule has 1 aromatic rings. The average molecular weight is 354 g/mol. The minimum absolute atomic E-state index is 0.00147. The van der Waals surface area contributed by atoms with Crippen molar-refractivity contribution in [2.75, 3.05) is 20.3 Å². The van der Waals surface area contributed by atoms with Gasteiger partial charge in [-0.15, -0.1) is 0 Å². The quantitative estimate of drug-likeness (QED) is 0.692. The summed E-state index contributed by atoms with van der Waals surface area (Å²) in [5, 5.41) is 0. The molecule has 6 nitrogen and oxygen atoms in total. The second kappa shape index (κ2) is 6.21. The molecule has 1 aliphatic rings. The highest BCUT2D eigenvalue weighted by Crippen LogP contribution is 2.32. The molecule has 2 rings (SSSR count). The molecular weight excluding hydrogens is 338 g/mol. The van der Waals surface area contributed by atoms with E-state index in [1.165, 1.54) is 35.7 Å².